The van der Waals surface area contributed by atoms with Crippen LogP contribution in [0.4, 0.5) is 0 Å². The number of hydrogen-bond acceptors (Lipinski definition) is 5. The monoisotopic (exact) mass is 402 g/mol. The van der Waals surface area contributed by atoms with E-state index in [-0.39, 0.29) is 46.2 Å². The van der Waals surface area contributed by atoms with Gasteiger partial charge in [-0.1, -0.05) is 0 Å². The van der Waals surface area contributed by atoms with Gasteiger partial charge in [-0.3, -0.25) is 19.2 Å². The molecular formula is C18H34N4O4S. The Balaban J connectivity index is 4.18. The molecule has 27 heavy (non-hydrogen) atoms. The van der Waals surface area contributed by atoms with Crippen LogP contribution >= 0.6 is 11.8 Å². The fourth-order valence-corrected chi connectivity index (χ4v) is 2.53. The van der Waals surface area contributed by atoms with E-state index < -0.39 is 12.1 Å². The van der Waals surface area contributed by atoms with E-state index in [1.165, 1.54) is 0 Å². The van der Waals surface area contributed by atoms with Crippen LogP contribution in [0.2, 0.25) is 0 Å². The van der Waals surface area contributed by atoms with Crippen molar-refractivity contribution in [3.63, 3.8) is 0 Å². The van der Waals surface area contributed by atoms with Gasteiger partial charge in [0.15, 0.2) is 0 Å². The second kappa shape index (κ2) is 10.5. The zero-order valence-corrected chi connectivity index (χ0v) is 18.4. The largest absolute Gasteiger partial charge is 0.350 e. The first-order valence-corrected chi connectivity index (χ1v) is 10.1. The van der Waals surface area contributed by atoms with Gasteiger partial charge in [-0.05, 0) is 55.4 Å². The number of thioether (sulfide) groups is 1. The molecule has 2 atom stereocenters. The molecule has 9 heteroatoms. The highest BCUT2D eigenvalue weighted by molar-refractivity contribution is 8.00. The van der Waals surface area contributed by atoms with E-state index in [0.29, 0.717) is 0 Å². The van der Waals surface area contributed by atoms with Crippen LogP contribution in [0.5, 0.6) is 0 Å². The molecule has 0 aliphatic rings. The lowest BCUT2D eigenvalue weighted by atomic mass is 10.1. The minimum atomic E-state index is -0.660. The van der Waals surface area contributed by atoms with E-state index in [4.69, 9.17) is 0 Å². The van der Waals surface area contributed by atoms with E-state index in [1.807, 2.05) is 41.5 Å². The summed E-state index contributed by atoms with van der Waals surface area (Å²) in [7, 11) is 0. The molecule has 0 saturated carbocycles. The van der Waals surface area contributed by atoms with Crippen molar-refractivity contribution < 1.29 is 19.2 Å². The molecular weight excluding hydrogens is 368 g/mol. The third kappa shape index (κ3) is 13.1. The first-order valence-electron chi connectivity index (χ1n) is 8.91. The molecule has 2 unspecified atom stereocenters. The van der Waals surface area contributed by atoms with E-state index >= 15 is 0 Å². The number of hydrogen-bond donors (Lipinski definition) is 4. The van der Waals surface area contributed by atoms with E-state index in [9.17, 15) is 19.2 Å². The number of amides is 4. The maximum atomic E-state index is 11.9. The van der Waals surface area contributed by atoms with Crippen molar-refractivity contribution in [2.45, 2.75) is 78.6 Å². The third-order valence-corrected chi connectivity index (χ3v) is 3.94. The van der Waals surface area contributed by atoms with Gasteiger partial charge in [0.05, 0.1) is 11.5 Å². The van der Waals surface area contributed by atoms with Gasteiger partial charge in [-0.15, -0.1) is 11.8 Å². The Morgan fingerprint density at radius 2 is 1.00 bits per heavy atom. The Labute approximate surface area is 166 Å². The lowest BCUT2D eigenvalue weighted by molar-refractivity contribution is -0.128. The molecule has 4 N–H and O–H groups in total. The van der Waals surface area contributed by atoms with Crippen molar-refractivity contribution in [2.24, 2.45) is 0 Å². The second-order valence-corrected chi connectivity index (χ2v) is 9.54. The van der Waals surface area contributed by atoms with Crippen LogP contribution in [0.1, 0.15) is 55.4 Å². The van der Waals surface area contributed by atoms with Gasteiger partial charge in [0.25, 0.3) is 0 Å². The summed E-state index contributed by atoms with van der Waals surface area (Å²) in [5, 5.41) is 10.8. The molecule has 0 aromatic carbocycles. The van der Waals surface area contributed by atoms with Crippen LogP contribution < -0.4 is 21.3 Å². The normalized spacial score (nSPS) is 13.9. The average molecular weight is 403 g/mol. The van der Waals surface area contributed by atoms with Gasteiger partial charge in [-0.25, -0.2) is 0 Å². The second-order valence-electron chi connectivity index (χ2n) is 8.55. The van der Waals surface area contributed by atoms with Gasteiger partial charge in [0.2, 0.25) is 23.6 Å². The highest BCUT2D eigenvalue weighted by Crippen LogP contribution is 2.03. The van der Waals surface area contributed by atoms with Crippen molar-refractivity contribution in [3.8, 4) is 0 Å². The minimum Gasteiger partial charge on any atom is -0.350 e. The molecule has 0 aliphatic carbocycles. The van der Waals surface area contributed by atoms with Gasteiger partial charge >= 0.3 is 0 Å². The topological polar surface area (TPSA) is 116 Å². The summed E-state index contributed by atoms with van der Waals surface area (Å²) in [6.45, 7) is 14.4. The SMILES string of the molecule is CC(NC(=O)CSCC(=O)NC(C)C(=O)NC(C)(C)C)C(=O)NC(C)(C)C. The van der Waals surface area contributed by atoms with Crippen LogP contribution in [-0.4, -0.2) is 58.3 Å². The van der Waals surface area contributed by atoms with E-state index in [1.54, 1.807) is 13.8 Å². The van der Waals surface area contributed by atoms with Gasteiger partial charge in [-0.2, -0.15) is 0 Å². The average Bonchev–Trinajstić information content (AvgIpc) is 2.43. The lowest BCUT2D eigenvalue weighted by Gasteiger charge is -2.24. The number of carbonyl (C=O) groups is 4. The molecule has 8 nitrogen and oxygen atoms in total. The summed E-state index contributed by atoms with van der Waals surface area (Å²) in [5.41, 5.74) is -0.752. The molecule has 0 aromatic heterocycles. The van der Waals surface area contributed by atoms with Gasteiger partial charge in [0, 0.05) is 11.1 Å². The van der Waals surface area contributed by atoms with E-state index in [2.05, 4.69) is 21.3 Å². The first kappa shape index (κ1) is 25.2. The highest BCUT2D eigenvalue weighted by Gasteiger charge is 2.22. The molecule has 0 radical (unpaired) electrons. The molecule has 0 fully saturated rings. The Morgan fingerprint density at radius 1 is 0.704 bits per heavy atom. The summed E-state index contributed by atoms with van der Waals surface area (Å²) in [6, 6.07) is -1.32. The Morgan fingerprint density at radius 3 is 1.26 bits per heavy atom. The molecule has 0 spiro atoms. The molecule has 0 rings (SSSR count). The summed E-state index contributed by atoms with van der Waals surface area (Å²) in [5.74, 6) is -1.10. The van der Waals surface area contributed by atoms with Crippen LogP contribution in [0.25, 0.3) is 0 Å². The van der Waals surface area contributed by atoms with Crippen molar-refractivity contribution in [1.82, 2.24) is 21.3 Å². The molecule has 0 aliphatic heterocycles. The Bertz CT molecular complexity index is 505. The first-order chi connectivity index (χ1) is 12.1. The van der Waals surface area contributed by atoms with Crippen molar-refractivity contribution in [1.29, 1.82) is 0 Å². The maximum Gasteiger partial charge on any atom is 0.242 e. The van der Waals surface area contributed by atoms with Crippen molar-refractivity contribution in [2.75, 3.05) is 11.5 Å². The molecule has 0 bridgehead atoms. The zero-order valence-electron chi connectivity index (χ0n) is 17.6. The van der Waals surface area contributed by atoms with Gasteiger partial charge < -0.3 is 21.3 Å². The Kier molecular flexibility index (Phi) is 9.84. The van der Waals surface area contributed by atoms with Crippen LogP contribution in [0.15, 0.2) is 0 Å². The highest BCUT2D eigenvalue weighted by atomic mass is 32.2. The maximum absolute atomic E-state index is 11.9. The molecule has 0 heterocycles. The number of carbonyl (C=O) groups excluding carboxylic acids is 4. The minimum absolute atomic E-state index is 0.0448. The third-order valence-electron chi connectivity index (χ3n) is 3.00. The molecule has 0 aromatic rings. The number of nitrogens with one attached hydrogen (secondary N) is 4. The standard InChI is InChI=1S/C18H34N4O4S/c1-11(15(25)21-17(3,4)5)19-13(23)9-27-10-14(24)20-12(2)16(26)22-18(6,7)8/h11-12H,9-10H2,1-8H3,(H,19,23)(H,20,24)(H,21,25)(H,22,26). The summed E-state index contributed by atoms with van der Waals surface area (Å²) in [4.78, 5) is 47.6. The predicted molar refractivity (Wildman–Crippen MR) is 108 cm³/mol. The van der Waals surface area contributed by atoms with E-state index in [0.717, 1.165) is 11.8 Å². The predicted octanol–water partition coefficient (Wildman–Crippen LogP) is 0.558. The smallest absolute Gasteiger partial charge is 0.242 e. The Hall–Kier alpha value is -1.77. The van der Waals surface area contributed by atoms with Crippen LogP contribution in [-0.2, 0) is 19.2 Å². The quantitative estimate of drug-likeness (QED) is 0.473. The zero-order chi connectivity index (χ0) is 21.4. The molecule has 4 amide bonds. The lowest BCUT2D eigenvalue weighted by Crippen LogP contribution is -2.51. The fraction of sp³-hybridized carbons (Fsp3) is 0.778. The summed E-state index contributed by atoms with van der Waals surface area (Å²) >= 11 is 1.12. The summed E-state index contributed by atoms with van der Waals surface area (Å²) in [6.07, 6.45) is 0. The van der Waals surface area contributed by atoms with Crippen molar-refractivity contribution in [3.05, 3.63) is 0 Å². The number of rotatable bonds is 8. The summed E-state index contributed by atoms with van der Waals surface area (Å²) < 4.78 is 0. The fourth-order valence-electron chi connectivity index (χ4n) is 1.89. The molecule has 0 saturated heterocycles. The van der Waals surface area contributed by atoms with Crippen molar-refractivity contribution >= 4 is 35.4 Å². The van der Waals surface area contributed by atoms with Crippen LogP contribution in [0, 0.1) is 0 Å². The van der Waals surface area contributed by atoms with Gasteiger partial charge in [0.1, 0.15) is 12.1 Å². The van der Waals surface area contributed by atoms with Crippen LogP contribution in [0.3, 0.4) is 0 Å². The molecule has 156 valence electrons.